The van der Waals surface area contributed by atoms with Crippen molar-refractivity contribution < 1.29 is 33.3 Å². The molecule has 6 unspecified atom stereocenters. The zero-order chi connectivity index (χ0) is 36.3. The van der Waals surface area contributed by atoms with Crippen LogP contribution in [0.25, 0.3) is 0 Å². The molecule has 6 atom stereocenters. The number of fused-ring (bicyclic) bond motifs is 2. The number of benzene rings is 1. The van der Waals surface area contributed by atoms with Gasteiger partial charge >= 0.3 is 0 Å². The van der Waals surface area contributed by atoms with Crippen molar-refractivity contribution in [3.8, 4) is 6.07 Å². The number of hydrogen-bond donors (Lipinski definition) is 4. The van der Waals surface area contributed by atoms with Crippen LogP contribution < -0.4 is 21.3 Å². The van der Waals surface area contributed by atoms with Crippen molar-refractivity contribution in [2.45, 2.75) is 52.0 Å². The Labute approximate surface area is 302 Å². The normalized spacial score (nSPS) is 27.2. The standard InChI is InChI=1S/C39H55N5O7/c1-4-30(22-40)27(2)44-26-38-19-29-17-34-37(35(21-38)39(34,20-29)25-38)42-8-10-49-12-14-51-16-15-50-13-11-48-9-7-41-36(47)23-43-32-6-5-31(24-45)33(18-32)28(3)46/h4-6,18,24,29,34-35,37,42-44H,1,7-17,19-21,23,25-26H2,2-3H3,(H,41,47)/b30-27-. The van der Waals surface area contributed by atoms with Crippen LogP contribution in [0.1, 0.15) is 66.7 Å². The fraction of sp³-hybridized carbons (Fsp3) is 0.641. The number of carbonyl (C=O) groups is 3. The average molecular weight is 706 g/mol. The third-order valence-electron chi connectivity index (χ3n) is 11.5. The number of amides is 1. The third-order valence-corrected chi connectivity index (χ3v) is 11.5. The minimum atomic E-state index is -0.211. The van der Waals surface area contributed by atoms with Crippen LogP contribution >= 0.6 is 0 Å². The highest BCUT2D eigenvalue weighted by Crippen LogP contribution is 2.78. The van der Waals surface area contributed by atoms with Gasteiger partial charge in [-0.1, -0.05) is 6.58 Å². The van der Waals surface area contributed by atoms with Crippen molar-refractivity contribution in [3.05, 3.63) is 53.3 Å². The van der Waals surface area contributed by atoms with Crippen LogP contribution in [0.4, 0.5) is 5.69 Å². The van der Waals surface area contributed by atoms with Gasteiger partial charge in [0.2, 0.25) is 5.91 Å². The smallest absolute Gasteiger partial charge is 0.239 e. The predicted molar refractivity (Wildman–Crippen MR) is 193 cm³/mol. The SMILES string of the molecule is C=C/C(C#N)=C(\C)NCC12CC3CC4C(NCCOCCOCCOCCOCCNC(=O)CNc5ccc(C=O)c(C(C)=O)c5)C(C1)C4(C3)C2. The van der Waals surface area contributed by atoms with Crippen LogP contribution in [0.5, 0.6) is 0 Å². The van der Waals surface area contributed by atoms with Crippen LogP contribution in [-0.4, -0.2) is 103 Å². The van der Waals surface area contributed by atoms with Gasteiger partial charge in [0.05, 0.1) is 65.0 Å². The summed E-state index contributed by atoms with van der Waals surface area (Å²) in [7, 11) is 0. The maximum atomic E-state index is 12.1. The molecule has 1 aromatic carbocycles. The number of anilines is 1. The van der Waals surface area contributed by atoms with Crippen molar-refractivity contribution >= 4 is 23.7 Å². The largest absolute Gasteiger partial charge is 0.387 e. The molecule has 0 radical (unpaired) electrons. The Morgan fingerprint density at radius 3 is 2.27 bits per heavy atom. The second-order valence-corrected chi connectivity index (χ2v) is 14.7. The van der Waals surface area contributed by atoms with E-state index in [1.165, 1.54) is 39.0 Å². The topological polar surface area (TPSA) is 160 Å². The Kier molecular flexibility index (Phi) is 13.8. The number of allylic oxidation sites excluding steroid dienone is 3. The van der Waals surface area contributed by atoms with Gasteiger partial charge in [0.15, 0.2) is 12.1 Å². The fourth-order valence-corrected chi connectivity index (χ4v) is 9.47. The summed E-state index contributed by atoms with van der Waals surface area (Å²) in [6, 6.07) is 7.63. The highest BCUT2D eigenvalue weighted by molar-refractivity contribution is 6.02. The summed E-state index contributed by atoms with van der Waals surface area (Å²) < 4.78 is 22.5. The number of ether oxygens (including phenoxy) is 4. The number of aldehydes is 1. The second-order valence-electron chi connectivity index (χ2n) is 14.7. The molecule has 278 valence electrons. The molecule has 0 aliphatic heterocycles. The van der Waals surface area contributed by atoms with Crippen molar-refractivity contribution in [2.75, 3.05) is 84.4 Å². The molecule has 4 aliphatic carbocycles. The molecule has 4 saturated carbocycles. The van der Waals surface area contributed by atoms with E-state index in [9.17, 15) is 19.6 Å². The van der Waals surface area contributed by atoms with Gasteiger partial charge in [-0.3, -0.25) is 14.4 Å². The van der Waals surface area contributed by atoms with E-state index >= 15 is 0 Å². The van der Waals surface area contributed by atoms with Crippen LogP contribution in [0.2, 0.25) is 0 Å². The Morgan fingerprint density at radius 1 is 0.941 bits per heavy atom. The summed E-state index contributed by atoms with van der Waals surface area (Å²) in [5.41, 5.74) is 3.70. The lowest BCUT2D eigenvalue weighted by molar-refractivity contribution is -0.119. The van der Waals surface area contributed by atoms with E-state index in [1.807, 2.05) is 6.92 Å². The minimum Gasteiger partial charge on any atom is -0.387 e. The Morgan fingerprint density at radius 2 is 1.63 bits per heavy atom. The van der Waals surface area contributed by atoms with Crippen molar-refractivity contribution in [3.63, 3.8) is 0 Å². The van der Waals surface area contributed by atoms with Crippen LogP contribution in [0.3, 0.4) is 0 Å². The molecule has 0 aromatic heterocycles. The van der Waals surface area contributed by atoms with Crippen molar-refractivity contribution in [2.24, 2.45) is 28.6 Å². The summed E-state index contributed by atoms with van der Waals surface area (Å²) in [5, 5.41) is 22.5. The number of ketones is 1. The summed E-state index contributed by atoms with van der Waals surface area (Å²) in [6.45, 7) is 13.3. The minimum absolute atomic E-state index is 0.0345. The van der Waals surface area contributed by atoms with E-state index in [0.29, 0.717) is 105 Å². The van der Waals surface area contributed by atoms with Gasteiger partial charge in [0.25, 0.3) is 0 Å². The molecule has 4 aliphatic rings. The first-order valence-corrected chi connectivity index (χ1v) is 18.4. The fourth-order valence-electron chi connectivity index (χ4n) is 9.47. The quantitative estimate of drug-likeness (QED) is 0.0387. The maximum absolute atomic E-state index is 12.1. The summed E-state index contributed by atoms with van der Waals surface area (Å²) in [6.07, 6.45) is 8.98. The molecule has 12 nitrogen and oxygen atoms in total. The molecule has 3 bridgehead atoms. The van der Waals surface area contributed by atoms with Gasteiger partial charge in [-0.15, -0.1) is 0 Å². The molecule has 4 N–H and O–H groups in total. The number of Topliss-reactive ketones (excluding diaryl/α,β-unsaturated/α-hetero) is 1. The molecule has 51 heavy (non-hydrogen) atoms. The second kappa shape index (κ2) is 18.2. The monoisotopic (exact) mass is 705 g/mol. The lowest BCUT2D eigenvalue weighted by Crippen LogP contribution is -2.61. The molecular formula is C39H55N5O7. The van der Waals surface area contributed by atoms with Gasteiger partial charge in [-0.25, -0.2) is 0 Å². The van der Waals surface area contributed by atoms with E-state index < -0.39 is 0 Å². The molecule has 0 heterocycles. The molecule has 5 rings (SSSR count). The van der Waals surface area contributed by atoms with Crippen LogP contribution in [-0.2, 0) is 23.7 Å². The van der Waals surface area contributed by atoms with Crippen LogP contribution in [0, 0.1) is 39.9 Å². The lowest BCUT2D eigenvalue weighted by Gasteiger charge is -2.56. The number of rotatable bonds is 25. The van der Waals surface area contributed by atoms with E-state index in [1.54, 1.807) is 24.3 Å². The van der Waals surface area contributed by atoms with Gasteiger partial charge in [-0.05, 0) is 98.8 Å². The summed E-state index contributed by atoms with van der Waals surface area (Å²) in [4.78, 5) is 34.8. The molecule has 1 aromatic rings. The lowest BCUT2D eigenvalue weighted by atomic mass is 9.52. The predicted octanol–water partition coefficient (Wildman–Crippen LogP) is 3.65. The number of nitrogens with zero attached hydrogens (tertiary/aromatic N) is 1. The zero-order valence-corrected chi connectivity index (χ0v) is 30.2. The molecule has 1 spiro atoms. The number of nitriles is 1. The summed E-state index contributed by atoms with van der Waals surface area (Å²) in [5.74, 6) is 1.97. The van der Waals surface area contributed by atoms with E-state index in [2.05, 4.69) is 33.9 Å². The highest BCUT2D eigenvalue weighted by atomic mass is 16.6. The third kappa shape index (κ3) is 9.45. The first kappa shape index (κ1) is 38.6. The van der Waals surface area contributed by atoms with E-state index in [-0.39, 0.29) is 18.2 Å². The van der Waals surface area contributed by atoms with E-state index in [0.717, 1.165) is 36.5 Å². The van der Waals surface area contributed by atoms with Crippen molar-refractivity contribution in [1.29, 1.82) is 5.26 Å². The van der Waals surface area contributed by atoms with Gasteiger partial charge in [0.1, 0.15) is 6.07 Å². The van der Waals surface area contributed by atoms with Gasteiger partial charge < -0.3 is 40.2 Å². The average Bonchev–Trinajstić information content (AvgIpc) is 3.49. The molecule has 0 saturated heterocycles. The molecular weight excluding hydrogens is 650 g/mol. The molecule has 12 heteroatoms. The number of nitrogens with one attached hydrogen (secondary N) is 4. The van der Waals surface area contributed by atoms with Crippen LogP contribution in [0.15, 0.2) is 42.1 Å². The van der Waals surface area contributed by atoms with E-state index in [4.69, 9.17) is 18.9 Å². The Hall–Kier alpha value is -3.60. The van der Waals surface area contributed by atoms with Gasteiger partial charge in [-0.2, -0.15) is 5.26 Å². The Balaban J connectivity index is 0.822. The number of carbonyl (C=O) groups excluding carboxylic acids is 3. The highest BCUT2D eigenvalue weighted by Gasteiger charge is 2.74. The molecule has 1 amide bonds. The first-order valence-electron chi connectivity index (χ1n) is 18.4. The van der Waals surface area contributed by atoms with Crippen molar-refractivity contribution in [1.82, 2.24) is 16.0 Å². The maximum Gasteiger partial charge on any atom is 0.239 e. The zero-order valence-electron chi connectivity index (χ0n) is 30.2. The summed E-state index contributed by atoms with van der Waals surface area (Å²) >= 11 is 0. The van der Waals surface area contributed by atoms with Gasteiger partial charge in [0, 0.05) is 48.2 Å². The Bertz CT molecular complexity index is 1480. The number of hydrogen-bond acceptors (Lipinski definition) is 11. The first-order chi connectivity index (χ1) is 24.7. The molecule has 4 fully saturated rings.